The summed E-state index contributed by atoms with van der Waals surface area (Å²) in [6.45, 7) is 0. The lowest BCUT2D eigenvalue weighted by Crippen LogP contribution is -2.20. The molecule has 1 fully saturated rings. The lowest BCUT2D eigenvalue weighted by atomic mass is 10.0. The van der Waals surface area contributed by atoms with Gasteiger partial charge >= 0.3 is 5.16 Å². The number of aromatic nitrogens is 3. The predicted molar refractivity (Wildman–Crippen MR) is 72.6 cm³/mol. The zero-order chi connectivity index (χ0) is 14.6. The van der Waals surface area contributed by atoms with Gasteiger partial charge in [-0.05, 0) is 5.56 Å². The molecule has 7 heteroatoms. The zero-order valence-corrected chi connectivity index (χ0v) is 11.9. The highest BCUT2D eigenvalue weighted by Gasteiger charge is 2.58. The van der Waals surface area contributed by atoms with Crippen LogP contribution in [0.3, 0.4) is 0 Å². The van der Waals surface area contributed by atoms with Crippen LogP contribution in [0.2, 0.25) is 0 Å². The summed E-state index contributed by atoms with van der Waals surface area (Å²) < 4.78 is 41.5. The molecular formula is C14H13F2N3OS. The minimum absolute atomic E-state index is 0.0896. The summed E-state index contributed by atoms with van der Waals surface area (Å²) in [6.07, 6.45) is -0.495. The van der Waals surface area contributed by atoms with Crippen LogP contribution in [0.4, 0.5) is 8.78 Å². The molecule has 1 saturated carbocycles. The normalized spacial score (nSPS) is 27.4. The van der Waals surface area contributed by atoms with E-state index >= 15 is 0 Å². The molecule has 3 unspecified atom stereocenters. The third-order valence-corrected chi connectivity index (χ3v) is 5.55. The number of alkyl halides is 2. The molecule has 0 amide bonds. The largest absolute Gasteiger partial charge is 0.606 e. The van der Waals surface area contributed by atoms with Crippen molar-refractivity contribution in [2.45, 2.75) is 41.6 Å². The number of halogens is 2. The molecule has 0 radical (unpaired) electrons. The molecule has 3 atom stereocenters. The second-order valence-corrected chi connectivity index (χ2v) is 7.11. The van der Waals surface area contributed by atoms with Crippen LogP contribution in [0, 0.1) is 0 Å². The first-order valence-corrected chi connectivity index (χ1v) is 8.00. The molecule has 110 valence electrons. The molecule has 1 aromatic carbocycles. The van der Waals surface area contributed by atoms with E-state index in [0.29, 0.717) is 0 Å². The standard InChI is InChI=1S/C14H13F2N3OS/c15-10-8-11(9-4-2-1-3-5-9)19-12(10)17-13(18-19)21(20)14(16)6-7-14/h1-5,10-11H,6-8H2. The highest BCUT2D eigenvalue weighted by molar-refractivity contribution is 7.92. The van der Waals surface area contributed by atoms with Crippen LogP contribution in [0.25, 0.3) is 0 Å². The van der Waals surface area contributed by atoms with Crippen molar-refractivity contribution >= 4 is 11.2 Å². The molecule has 2 heterocycles. The fourth-order valence-corrected chi connectivity index (χ4v) is 3.78. The third-order valence-electron chi connectivity index (χ3n) is 3.97. The average Bonchev–Trinajstić information content (AvgIpc) is 2.98. The summed E-state index contributed by atoms with van der Waals surface area (Å²) in [5, 5.41) is 2.33. The van der Waals surface area contributed by atoms with Crippen molar-refractivity contribution in [1.29, 1.82) is 0 Å². The maximum atomic E-state index is 14.1. The van der Waals surface area contributed by atoms with Gasteiger partial charge < -0.3 is 4.55 Å². The van der Waals surface area contributed by atoms with E-state index in [0.717, 1.165) is 5.56 Å². The third kappa shape index (κ3) is 2.06. The Balaban J connectivity index is 1.71. The van der Waals surface area contributed by atoms with Crippen molar-refractivity contribution in [2.24, 2.45) is 0 Å². The Morgan fingerprint density at radius 2 is 2.00 bits per heavy atom. The van der Waals surface area contributed by atoms with Crippen molar-refractivity contribution in [3.05, 3.63) is 41.7 Å². The topological polar surface area (TPSA) is 53.8 Å². The van der Waals surface area contributed by atoms with Crippen molar-refractivity contribution in [1.82, 2.24) is 14.8 Å². The van der Waals surface area contributed by atoms with Crippen LogP contribution in [0.1, 0.15) is 42.9 Å². The minimum Gasteiger partial charge on any atom is -0.606 e. The second kappa shape index (κ2) is 4.51. The first kappa shape index (κ1) is 13.2. The van der Waals surface area contributed by atoms with Gasteiger partial charge in [0.2, 0.25) is 0 Å². The van der Waals surface area contributed by atoms with E-state index in [9.17, 15) is 13.3 Å². The van der Waals surface area contributed by atoms with Gasteiger partial charge in [0.15, 0.2) is 12.0 Å². The lowest BCUT2D eigenvalue weighted by molar-refractivity contribution is 0.326. The highest BCUT2D eigenvalue weighted by atomic mass is 32.2. The summed E-state index contributed by atoms with van der Waals surface area (Å²) in [5.41, 5.74) is 0.919. The highest BCUT2D eigenvalue weighted by Crippen LogP contribution is 2.48. The van der Waals surface area contributed by atoms with Gasteiger partial charge in [0.25, 0.3) is 5.00 Å². The minimum atomic E-state index is -1.91. The number of rotatable bonds is 3. The Morgan fingerprint density at radius 3 is 2.67 bits per heavy atom. The van der Waals surface area contributed by atoms with Crippen LogP contribution >= 0.6 is 0 Å². The Bertz CT molecular complexity index is 674. The summed E-state index contributed by atoms with van der Waals surface area (Å²) in [7, 11) is 0. The van der Waals surface area contributed by atoms with Crippen LogP contribution in [-0.4, -0.2) is 24.3 Å². The summed E-state index contributed by atoms with van der Waals surface area (Å²) >= 11 is -1.91. The second-order valence-electron chi connectivity index (χ2n) is 5.48. The van der Waals surface area contributed by atoms with Crippen molar-refractivity contribution < 1.29 is 13.3 Å². The molecule has 1 aliphatic carbocycles. The molecule has 0 spiro atoms. The smallest absolute Gasteiger partial charge is 0.364 e. The Labute approximate surface area is 123 Å². The van der Waals surface area contributed by atoms with Gasteiger partial charge in [-0.25, -0.2) is 9.07 Å². The first-order valence-electron chi connectivity index (χ1n) is 6.85. The van der Waals surface area contributed by atoms with E-state index in [1.54, 1.807) is 0 Å². The van der Waals surface area contributed by atoms with E-state index in [1.165, 1.54) is 4.68 Å². The Morgan fingerprint density at radius 1 is 1.29 bits per heavy atom. The summed E-state index contributed by atoms with van der Waals surface area (Å²) in [5.74, 6) is 0.149. The van der Waals surface area contributed by atoms with Gasteiger partial charge in [0, 0.05) is 19.3 Å². The van der Waals surface area contributed by atoms with Gasteiger partial charge in [-0.1, -0.05) is 30.3 Å². The van der Waals surface area contributed by atoms with Gasteiger partial charge in [-0.15, -0.1) is 5.10 Å². The Kier molecular flexibility index (Phi) is 2.84. The molecule has 0 saturated heterocycles. The monoisotopic (exact) mass is 309 g/mol. The van der Waals surface area contributed by atoms with Crippen molar-refractivity contribution in [3.63, 3.8) is 0 Å². The van der Waals surface area contributed by atoms with Gasteiger partial charge in [0.05, 0.1) is 17.2 Å². The number of nitrogens with zero attached hydrogens (tertiary/aromatic N) is 3. The fourth-order valence-electron chi connectivity index (χ4n) is 2.64. The van der Waals surface area contributed by atoms with Crippen LogP contribution in [0.15, 0.2) is 35.5 Å². The van der Waals surface area contributed by atoms with Crippen molar-refractivity contribution in [3.8, 4) is 0 Å². The summed E-state index contributed by atoms with van der Waals surface area (Å²) in [6, 6.07) is 9.14. The van der Waals surface area contributed by atoms with Crippen LogP contribution in [-0.2, 0) is 11.2 Å². The first-order chi connectivity index (χ1) is 10.1. The number of hydrogen-bond acceptors (Lipinski definition) is 3. The number of hydrogen-bond donors (Lipinski definition) is 0. The van der Waals surface area contributed by atoms with Gasteiger partial charge in [-0.2, -0.15) is 9.37 Å². The van der Waals surface area contributed by atoms with E-state index in [1.807, 2.05) is 30.3 Å². The maximum Gasteiger partial charge on any atom is 0.364 e. The number of fused-ring (bicyclic) bond motifs is 1. The maximum absolute atomic E-state index is 14.1. The molecule has 21 heavy (non-hydrogen) atoms. The average molecular weight is 309 g/mol. The molecule has 2 aliphatic rings. The SMILES string of the molecule is [O-][S+](c1nc2n(n1)C(c1ccccc1)CC2F)C1(F)CC1. The predicted octanol–water partition coefficient (Wildman–Crippen LogP) is 2.85. The molecule has 0 bridgehead atoms. The van der Waals surface area contributed by atoms with E-state index in [2.05, 4.69) is 10.1 Å². The van der Waals surface area contributed by atoms with E-state index < -0.39 is 22.3 Å². The molecule has 4 rings (SSSR count). The molecule has 0 N–H and O–H groups in total. The fraction of sp³-hybridized carbons (Fsp3) is 0.429. The molecule has 2 aromatic rings. The van der Waals surface area contributed by atoms with Gasteiger partial charge in [0.1, 0.15) is 0 Å². The number of benzene rings is 1. The zero-order valence-electron chi connectivity index (χ0n) is 11.1. The van der Waals surface area contributed by atoms with Crippen LogP contribution < -0.4 is 0 Å². The quantitative estimate of drug-likeness (QED) is 0.819. The molecule has 4 nitrogen and oxygen atoms in total. The van der Waals surface area contributed by atoms with Crippen LogP contribution in [0.5, 0.6) is 0 Å². The molecular weight excluding hydrogens is 296 g/mol. The van der Waals surface area contributed by atoms with E-state index in [-0.39, 0.29) is 36.3 Å². The Hall–Kier alpha value is -1.47. The lowest BCUT2D eigenvalue weighted by Gasteiger charge is -2.12. The van der Waals surface area contributed by atoms with E-state index in [4.69, 9.17) is 0 Å². The molecule has 1 aliphatic heterocycles. The summed E-state index contributed by atoms with van der Waals surface area (Å²) in [4.78, 5) is 3.99. The van der Waals surface area contributed by atoms with Crippen molar-refractivity contribution in [2.75, 3.05) is 0 Å². The van der Waals surface area contributed by atoms with Gasteiger partial charge in [-0.3, -0.25) is 0 Å². The molecule has 1 aromatic heterocycles.